The standard InChI is InChI=1S/C20H23N5O3/c1-20(2)13-24(18-4-7-22-17(23-18)5-10-26)8-9-25(20)19(27)16-11-14-12-21-6-3-15(14)28-16/h3-4,6-7,11-12,26H,5,8-10,13H2,1-2H3. The average Bonchev–Trinajstić information content (AvgIpc) is 3.11. The minimum absolute atomic E-state index is 0.0181. The molecule has 4 heterocycles. The van der Waals surface area contributed by atoms with E-state index in [0.717, 1.165) is 11.2 Å². The van der Waals surface area contributed by atoms with Gasteiger partial charge in [-0.1, -0.05) is 0 Å². The van der Waals surface area contributed by atoms with Crippen molar-refractivity contribution in [1.29, 1.82) is 0 Å². The maximum atomic E-state index is 13.1. The number of anilines is 1. The molecule has 8 nitrogen and oxygen atoms in total. The van der Waals surface area contributed by atoms with E-state index in [1.165, 1.54) is 0 Å². The lowest BCUT2D eigenvalue weighted by molar-refractivity contribution is 0.0483. The Morgan fingerprint density at radius 1 is 1.29 bits per heavy atom. The Balaban J connectivity index is 1.53. The number of piperazine rings is 1. The van der Waals surface area contributed by atoms with Gasteiger partial charge < -0.3 is 19.3 Å². The molecule has 1 fully saturated rings. The number of pyridine rings is 1. The van der Waals surface area contributed by atoms with Gasteiger partial charge in [0.05, 0.1) is 12.1 Å². The van der Waals surface area contributed by atoms with E-state index < -0.39 is 5.54 Å². The molecule has 1 N–H and O–H groups in total. The number of fused-ring (bicyclic) bond motifs is 1. The molecule has 0 unspecified atom stereocenters. The molecule has 4 rings (SSSR count). The van der Waals surface area contributed by atoms with Gasteiger partial charge in [-0.3, -0.25) is 9.78 Å². The molecule has 3 aromatic rings. The number of amides is 1. The molecule has 0 bridgehead atoms. The Morgan fingerprint density at radius 3 is 2.89 bits per heavy atom. The number of hydrogen-bond acceptors (Lipinski definition) is 7. The fraction of sp³-hybridized carbons (Fsp3) is 0.400. The van der Waals surface area contributed by atoms with Crippen LogP contribution in [-0.2, 0) is 6.42 Å². The lowest BCUT2D eigenvalue weighted by atomic mass is 9.98. The zero-order valence-corrected chi connectivity index (χ0v) is 16.0. The number of furan rings is 1. The molecular weight excluding hydrogens is 358 g/mol. The number of nitrogens with zero attached hydrogens (tertiary/aromatic N) is 5. The van der Waals surface area contributed by atoms with Crippen LogP contribution in [0.25, 0.3) is 11.0 Å². The fourth-order valence-corrected chi connectivity index (χ4v) is 3.63. The second-order valence-electron chi connectivity index (χ2n) is 7.52. The molecule has 1 aliphatic rings. The van der Waals surface area contributed by atoms with E-state index in [1.54, 1.807) is 30.7 Å². The van der Waals surface area contributed by atoms with Crippen molar-refractivity contribution in [2.45, 2.75) is 25.8 Å². The van der Waals surface area contributed by atoms with Gasteiger partial charge >= 0.3 is 0 Å². The maximum absolute atomic E-state index is 13.1. The normalized spacial score (nSPS) is 16.5. The lowest BCUT2D eigenvalue weighted by Gasteiger charge is -2.47. The highest BCUT2D eigenvalue weighted by Gasteiger charge is 2.38. The van der Waals surface area contributed by atoms with E-state index in [2.05, 4.69) is 19.9 Å². The van der Waals surface area contributed by atoms with Crippen molar-refractivity contribution in [3.05, 3.63) is 48.4 Å². The van der Waals surface area contributed by atoms with Crippen molar-refractivity contribution in [3.8, 4) is 0 Å². The lowest BCUT2D eigenvalue weighted by Crippen LogP contribution is -2.61. The largest absolute Gasteiger partial charge is 0.451 e. The first-order valence-corrected chi connectivity index (χ1v) is 9.31. The number of rotatable bonds is 4. The predicted molar refractivity (Wildman–Crippen MR) is 104 cm³/mol. The van der Waals surface area contributed by atoms with Crippen molar-refractivity contribution < 1.29 is 14.3 Å². The highest BCUT2D eigenvalue weighted by atomic mass is 16.3. The summed E-state index contributed by atoms with van der Waals surface area (Å²) in [7, 11) is 0. The summed E-state index contributed by atoms with van der Waals surface area (Å²) in [6, 6.07) is 5.37. The van der Waals surface area contributed by atoms with E-state index in [4.69, 9.17) is 9.52 Å². The summed E-state index contributed by atoms with van der Waals surface area (Å²) >= 11 is 0. The van der Waals surface area contributed by atoms with Crippen molar-refractivity contribution in [2.24, 2.45) is 0 Å². The number of aliphatic hydroxyl groups excluding tert-OH is 1. The number of aromatic nitrogens is 3. The molecule has 28 heavy (non-hydrogen) atoms. The Hall–Kier alpha value is -3.00. The number of carbonyl (C=O) groups excluding carboxylic acids is 1. The first kappa shape index (κ1) is 18.4. The first-order chi connectivity index (χ1) is 13.5. The van der Waals surface area contributed by atoms with Crippen LogP contribution in [0.3, 0.4) is 0 Å². The molecule has 0 aromatic carbocycles. The molecular formula is C20H23N5O3. The molecule has 0 atom stereocenters. The van der Waals surface area contributed by atoms with E-state index in [-0.39, 0.29) is 12.5 Å². The van der Waals surface area contributed by atoms with E-state index in [9.17, 15) is 4.79 Å². The number of aliphatic hydroxyl groups is 1. The van der Waals surface area contributed by atoms with E-state index >= 15 is 0 Å². The second-order valence-corrected chi connectivity index (χ2v) is 7.52. The second kappa shape index (κ2) is 7.20. The molecule has 1 amide bonds. The monoisotopic (exact) mass is 381 g/mol. The summed E-state index contributed by atoms with van der Waals surface area (Å²) in [4.78, 5) is 29.9. The van der Waals surface area contributed by atoms with Gasteiger partial charge in [0.25, 0.3) is 5.91 Å². The van der Waals surface area contributed by atoms with Crippen LogP contribution in [-0.4, -0.2) is 62.6 Å². The summed E-state index contributed by atoms with van der Waals surface area (Å²) in [5.41, 5.74) is 0.251. The molecule has 8 heteroatoms. The SMILES string of the molecule is CC1(C)CN(c2ccnc(CCO)n2)CCN1C(=O)c1cc2cnccc2o1. The van der Waals surface area contributed by atoms with Gasteiger partial charge in [0.1, 0.15) is 17.2 Å². The van der Waals surface area contributed by atoms with Crippen LogP contribution >= 0.6 is 0 Å². The molecule has 0 radical (unpaired) electrons. The minimum Gasteiger partial charge on any atom is -0.451 e. The molecule has 1 aliphatic heterocycles. The van der Waals surface area contributed by atoms with Crippen LogP contribution in [0.4, 0.5) is 5.82 Å². The molecule has 146 valence electrons. The van der Waals surface area contributed by atoms with Crippen LogP contribution in [0.2, 0.25) is 0 Å². The molecule has 1 saturated heterocycles. The van der Waals surface area contributed by atoms with E-state index in [1.807, 2.05) is 24.8 Å². The van der Waals surface area contributed by atoms with Crippen LogP contribution in [0.1, 0.15) is 30.2 Å². The highest BCUT2D eigenvalue weighted by molar-refractivity contribution is 5.96. The third-order valence-corrected chi connectivity index (χ3v) is 5.02. The Kier molecular flexibility index (Phi) is 4.72. The van der Waals surface area contributed by atoms with Crippen molar-refractivity contribution in [1.82, 2.24) is 19.9 Å². The van der Waals surface area contributed by atoms with Gasteiger partial charge in [0.15, 0.2) is 5.76 Å². The van der Waals surface area contributed by atoms with E-state index in [0.29, 0.717) is 43.2 Å². The molecule has 3 aromatic heterocycles. The van der Waals surface area contributed by atoms with Crippen LogP contribution in [0, 0.1) is 0 Å². The van der Waals surface area contributed by atoms with Gasteiger partial charge in [-0.05, 0) is 32.0 Å². The molecule has 0 aliphatic carbocycles. The minimum atomic E-state index is -0.408. The first-order valence-electron chi connectivity index (χ1n) is 9.31. The maximum Gasteiger partial charge on any atom is 0.290 e. The van der Waals surface area contributed by atoms with Crippen LogP contribution < -0.4 is 4.90 Å². The quantitative estimate of drug-likeness (QED) is 0.737. The van der Waals surface area contributed by atoms with Crippen LogP contribution in [0.15, 0.2) is 41.2 Å². The van der Waals surface area contributed by atoms with Crippen molar-refractivity contribution in [3.63, 3.8) is 0 Å². The summed E-state index contributed by atoms with van der Waals surface area (Å²) < 4.78 is 5.74. The summed E-state index contributed by atoms with van der Waals surface area (Å²) in [5.74, 6) is 1.64. The highest BCUT2D eigenvalue weighted by Crippen LogP contribution is 2.28. The van der Waals surface area contributed by atoms with Gasteiger partial charge in [-0.2, -0.15) is 0 Å². The Bertz CT molecular complexity index is 967. The number of hydrogen-bond donors (Lipinski definition) is 1. The smallest absolute Gasteiger partial charge is 0.290 e. The van der Waals surface area contributed by atoms with Crippen molar-refractivity contribution in [2.75, 3.05) is 31.1 Å². The zero-order chi connectivity index (χ0) is 19.7. The van der Waals surface area contributed by atoms with Crippen LogP contribution in [0.5, 0.6) is 0 Å². The third-order valence-electron chi connectivity index (χ3n) is 5.02. The fourth-order valence-electron chi connectivity index (χ4n) is 3.63. The zero-order valence-electron chi connectivity index (χ0n) is 16.0. The Labute approximate surface area is 162 Å². The summed E-state index contributed by atoms with van der Waals surface area (Å²) in [6.45, 7) is 5.95. The van der Waals surface area contributed by atoms with Gasteiger partial charge in [0.2, 0.25) is 0 Å². The third kappa shape index (κ3) is 3.43. The van der Waals surface area contributed by atoms with Crippen molar-refractivity contribution >= 4 is 22.7 Å². The predicted octanol–water partition coefficient (Wildman–Crippen LogP) is 1.89. The Morgan fingerprint density at radius 2 is 2.14 bits per heavy atom. The van der Waals surface area contributed by atoms with Gasteiger partial charge in [-0.15, -0.1) is 0 Å². The average molecular weight is 381 g/mol. The van der Waals surface area contributed by atoms with Gasteiger partial charge in [-0.25, -0.2) is 9.97 Å². The summed E-state index contributed by atoms with van der Waals surface area (Å²) in [5, 5.41) is 9.93. The topological polar surface area (TPSA) is 95.6 Å². The molecule has 0 saturated carbocycles. The summed E-state index contributed by atoms with van der Waals surface area (Å²) in [6.07, 6.45) is 5.48. The van der Waals surface area contributed by atoms with Gasteiger partial charge in [0, 0.05) is 50.0 Å². The molecule has 0 spiro atoms. The number of carbonyl (C=O) groups is 1.